The molecular formula is C28H28ClFN2O5S. The van der Waals surface area contributed by atoms with Crippen molar-refractivity contribution in [3.8, 4) is 27.6 Å². The summed E-state index contributed by atoms with van der Waals surface area (Å²) >= 11 is 7.35. The lowest BCUT2D eigenvalue weighted by molar-refractivity contribution is -0.157. The highest BCUT2D eigenvalue weighted by Gasteiger charge is 2.23. The fourth-order valence-corrected chi connectivity index (χ4v) is 4.79. The van der Waals surface area contributed by atoms with E-state index in [1.807, 2.05) is 32.0 Å². The highest BCUT2D eigenvalue weighted by atomic mass is 35.5. The molecule has 0 fully saturated rings. The Kier molecular flexibility index (Phi) is 8.69. The number of ether oxygens (including phenoxy) is 3. The van der Waals surface area contributed by atoms with E-state index < -0.39 is 18.7 Å². The highest BCUT2D eigenvalue weighted by molar-refractivity contribution is 7.22. The lowest BCUT2D eigenvalue weighted by Crippen LogP contribution is -2.31. The molecule has 10 heteroatoms. The molecule has 7 nitrogen and oxygen atoms in total. The van der Waals surface area contributed by atoms with Crippen LogP contribution in [0.4, 0.5) is 4.39 Å². The fraction of sp³-hybridized carbons (Fsp3) is 0.321. The first-order valence-corrected chi connectivity index (χ1v) is 13.3. The van der Waals surface area contributed by atoms with Gasteiger partial charge in [0, 0.05) is 16.0 Å². The van der Waals surface area contributed by atoms with Gasteiger partial charge in [-0.1, -0.05) is 44.5 Å². The summed E-state index contributed by atoms with van der Waals surface area (Å²) in [6.45, 7) is 4.48. The number of hydrogen-bond donors (Lipinski definition) is 0. The molecule has 0 N–H and O–H groups in total. The van der Waals surface area contributed by atoms with Crippen LogP contribution in [-0.2, 0) is 9.53 Å². The second-order valence-corrected chi connectivity index (χ2v) is 10.6. The van der Waals surface area contributed by atoms with E-state index in [0.717, 1.165) is 10.4 Å². The Morgan fingerprint density at radius 3 is 2.50 bits per heavy atom. The minimum atomic E-state index is -1.05. The second kappa shape index (κ2) is 12.0. The molecule has 4 rings (SSSR count). The van der Waals surface area contributed by atoms with Gasteiger partial charge >= 0.3 is 5.97 Å². The third-order valence-corrected chi connectivity index (χ3v) is 7.66. The normalized spacial score (nSPS) is 12.9. The van der Waals surface area contributed by atoms with E-state index >= 15 is 0 Å². The van der Waals surface area contributed by atoms with Crippen LogP contribution < -0.4 is 15.0 Å². The van der Waals surface area contributed by atoms with Crippen molar-refractivity contribution in [1.82, 2.24) is 9.55 Å². The average molecular weight is 559 g/mol. The molecule has 0 saturated heterocycles. The first-order valence-electron chi connectivity index (χ1n) is 12.1. The number of carbonyl (C=O) groups is 1. The molecule has 0 aliphatic carbocycles. The van der Waals surface area contributed by atoms with Crippen molar-refractivity contribution in [2.24, 2.45) is 11.8 Å². The number of fused-ring (bicyclic) bond motifs is 1. The van der Waals surface area contributed by atoms with Gasteiger partial charge in [-0.25, -0.2) is 9.37 Å². The summed E-state index contributed by atoms with van der Waals surface area (Å²) in [5.74, 6) is -0.0871. The number of esters is 1. The van der Waals surface area contributed by atoms with Gasteiger partial charge in [-0.05, 0) is 41.8 Å². The Morgan fingerprint density at radius 2 is 1.84 bits per heavy atom. The van der Waals surface area contributed by atoms with E-state index in [2.05, 4.69) is 4.98 Å². The summed E-state index contributed by atoms with van der Waals surface area (Å²) < 4.78 is 31.9. The van der Waals surface area contributed by atoms with Gasteiger partial charge in [0.1, 0.15) is 24.3 Å². The van der Waals surface area contributed by atoms with Crippen molar-refractivity contribution in [2.75, 3.05) is 20.4 Å². The van der Waals surface area contributed by atoms with Crippen molar-refractivity contribution in [1.29, 1.82) is 0 Å². The van der Waals surface area contributed by atoms with E-state index in [1.165, 1.54) is 29.3 Å². The maximum Gasteiger partial charge on any atom is 0.309 e. The molecule has 0 saturated carbocycles. The molecule has 2 atom stereocenters. The lowest BCUT2D eigenvalue weighted by atomic mass is 9.98. The van der Waals surface area contributed by atoms with Crippen LogP contribution in [-0.4, -0.2) is 42.0 Å². The van der Waals surface area contributed by atoms with Crippen LogP contribution in [0.15, 0.2) is 59.7 Å². The van der Waals surface area contributed by atoms with Crippen LogP contribution in [0.25, 0.3) is 26.3 Å². The summed E-state index contributed by atoms with van der Waals surface area (Å²) in [6.07, 6.45) is 0.420. The number of nitrogens with zero attached hydrogens (tertiary/aromatic N) is 2. The molecule has 0 spiro atoms. The Bertz CT molecular complexity index is 1490. The fourth-order valence-electron chi connectivity index (χ4n) is 3.61. The zero-order valence-electron chi connectivity index (χ0n) is 21.4. The van der Waals surface area contributed by atoms with Gasteiger partial charge in [-0.15, -0.1) is 11.3 Å². The predicted molar refractivity (Wildman–Crippen MR) is 148 cm³/mol. The molecule has 4 aromatic rings. The third-order valence-electron chi connectivity index (χ3n) is 6.24. The first-order chi connectivity index (χ1) is 18.2. The van der Waals surface area contributed by atoms with Gasteiger partial charge < -0.3 is 14.2 Å². The molecule has 200 valence electrons. The summed E-state index contributed by atoms with van der Waals surface area (Å²) in [6, 6.07) is 14.2. The lowest BCUT2D eigenvalue weighted by Gasteiger charge is -2.20. The summed E-state index contributed by atoms with van der Waals surface area (Å²) in [7, 11) is 1.46. The van der Waals surface area contributed by atoms with Gasteiger partial charge in [0.2, 0.25) is 0 Å². The topological polar surface area (TPSA) is 79.7 Å². The standard InChI is InChI=1S/C28H28ClFN2O5S/c1-16(2)17(3)28(34)37-21(13-30)14-36-23-10-9-20(11-24(23)35-4)32-15-31-22-12-25(38-26(22)27(32)33)18-5-7-19(29)8-6-18/h5-12,15-17,21H,13-14H2,1-4H3/t17-,21?/m0/s1. The number of benzene rings is 2. The van der Waals surface area contributed by atoms with Crippen LogP contribution in [0.3, 0.4) is 0 Å². The van der Waals surface area contributed by atoms with E-state index in [4.69, 9.17) is 25.8 Å². The number of halogens is 2. The van der Waals surface area contributed by atoms with Gasteiger partial charge in [-0.3, -0.25) is 14.2 Å². The molecule has 2 aromatic carbocycles. The Labute approximate surface area is 228 Å². The van der Waals surface area contributed by atoms with Crippen LogP contribution in [0, 0.1) is 11.8 Å². The van der Waals surface area contributed by atoms with Crippen LogP contribution in [0.2, 0.25) is 5.02 Å². The zero-order chi connectivity index (χ0) is 27.4. The molecule has 0 bridgehead atoms. The van der Waals surface area contributed by atoms with Gasteiger partial charge in [-0.2, -0.15) is 0 Å². The van der Waals surface area contributed by atoms with E-state index in [1.54, 1.807) is 37.3 Å². The Hall–Kier alpha value is -3.43. The Morgan fingerprint density at radius 1 is 1.11 bits per heavy atom. The number of carbonyl (C=O) groups excluding carboxylic acids is 1. The number of aromatic nitrogens is 2. The molecule has 2 heterocycles. The zero-order valence-corrected chi connectivity index (χ0v) is 23.0. The van der Waals surface area contributed by atoms with Crippen molar-refractivity contribution in [3.63, 3.8) is 0 Å². The number of alkyl halides is 1. The second-order valence-electron chi connectivity index (χ2n) is 9.14. The maximum absolute atomic E-state index is 13.5. The number of thiophene rings is 1. The minimum absolute atomic E-state index is 0.0756. The SMILES string of the molecule is COc1cc(-n2cnc3cc(-c4ccc(Cl)cc4)sc3c2=O)ccc1OCC(CF)OC(=O)[C@@H](C)C(C)C. The maximum atomic E-state index is 13.5. The van der Waals surface area contributed by atoms with Gasteiger partial charge in [0.05, 0.1) is 24.2 Å². The Balaban J connectivity index is 1.55. The van der Waals surface area contributed by atoms with Crippen molar-refractivity contribution >= 4 is 39.1 Å². The number of rotatable bonds is 10. The molecule has 1 unspecified atom stereocenters. The molecular weight excluding hydrogens is 531 g/mol. The van der Waals surface area contributed by atoms with E-state index in [-0.39, 0.29) is 24.0 Å². The van der Waals surface area contributed by atoms with Gasteiger partial charge in [0.15, 0.2) is 17.6 Å². The minimum Gasteiger partial charge on any atom is -0.493 e. The van der Waals surface area contributed by atoms with Crippen LogP contribution in [0.5, 0.6) is 11.5 Å². The molecule has 38 heavy (non-hydrogen) atoms. The smallest absolute Gasteiger partial charge is 0.309 e. The quantitative estimate of drug-likeness (QED) is 0.212. The summed E-state index contributed by atoms with van der Waals surface area (Å²) in [5, 5.41) is 0.638. The predicted octanol–water partition coefficient (Wildman–Crippen LogP) is 6.33. The third kappa shape index (κ3) is 6.00. The van der Waals surface area contributed by atoms with Crippen molar-refractivity contribution < 1.29 is 23.4 Å². The van der Waals surface area contributed by atoms with E-state index in [0.29, 0.717) is 32.4 Å². The highest BCUT2D eigenvalue weighted by Crippen LogP contribution is 2.33. The molecule has 0 aliphatic rings. The van der Waals surface area contributed by atoms with E-state index in [9.17, 15) is 14.0 Å². The molecule has 2 aromatic heterocycles. The van der Waals surface area contributed by atoms with Crippen molar-refractivity contribution in [2.45, 2.75) is 26.9 Å². The summed E-state index contributed by atoms with van der Waals surface area (Å²) in [4.78, 5) is 30.9. The molecule has 0 aliphatic heterocycles. The molecule has 0 amide bonds. The summed E-state index contributed by atoms with van der Waals surface area (Å²) in [5.41, 5.74) is 1.85. The van der Waals surface area contributed by atoms with Gasteiger partial charge in [0.25, 0.3) is 5.56 Å². The monoisotopic (exact) mass is 558 g/mol. The molecule has 0 radical (unpaired) electrons. The number of hydrogen-bond acceptors (Lipinski definition) is 7. The largest absolute Gasteiger partial charge is 0.493 e. The number of methoxy groups -OCH3 is 1. The van der Waals surface area contributed by atoms with Crippen molar-refractivity contribution in [3.05, 3.63) is 70.2 Å². The van der Waals surface area contributed by atoms with Crippen LogP contribution in [0.1, 0.15) is 20.8 Å². The van der Waals surface area contributed by atoms with Crippen LogP contribution >= 0.6 is 22.9 Å². The first kappa shape index (κ1) is 27.6. The average Bonchev–Trinajstić information content (AvgIpc) is 3.36.